The molecule has 0 unspecified atom stereocenters. The van der Waals surface area contributed by atoms with Crippen LogP contribution in [0.5, 0.6) is 0 Å². The van der Waals surface area contributed by atoms with Crippen LogP contribution >= 0.6 is 11.3 Å². The molecule has 2 aliphatic rings. The van der Waals surface area contributed by atoms with Crippen LogP contribution < -0.4 is 0 Å². The molecule has 0 radical (unpaired) electrons. The molecule has 1 saturated heterocycles. The van der Waals surface area contributed by atoms with Gasteiger partial charge in [-0.1, -0.05) is 36.4 Å². The van der Waals surface area contributed by atoms with Gasteiger partial charge in [0.05, 0.1) is 28.1 Å². The Balaban J connectivity index is 1.55. The van der Waals surface area contributed by atoms with Gasteiger partial charge in [-0.05, 0) is 38.1 Å². The van der Waals surface area contributed by atoms with Gasteiger partial charge >= 0.3 is 0 Å². The van der Waals surface area contributed by atoms with Crippen molar-refractivity contribution in [3.05, 3.63) is 64.7 Å². The van der Waals surface area contributed by atoms with Crippen molar-refractivity contribution in [1.82, 2.24) is 19.4 Å². The van der Waals surface area contributed by atoms with E-state index in [4.69, 9.17) is 4.98 Å². The molecule has 5 nitrogen and oxygen atoms in total. The van der Waals surface area contributed by atoms with Crippen LogP contribution in [-0.2, 0) is 12.1 Å². The summed E-state index contributed by atoms with van der Waals surface area (Å²) in [4.78, 5) is 23.4. The van der Waals surface area contributed by atoms with Crippen LogP contribution in [-0.4, -0.2) is 50.9 Å². The summed E-state index contributed by atoms with van der Waals surface area (Å²) in [5.41, 5.74) is 3.38. The Kier molecular flexibility index (Phi) is 4.99. The Labute approximate surface area is 182 Å². The highest BCUT2D eigenvalue weighted by Crippen LogP contribution is 2.39. The Morgan fingerprint density at radius 3 is 2.70 bits per heavy atom. The van der Waals surface area contributed by atoms with E-state index in [1.54, 1.807) is 0 Å². The second-order valence-corrected chi connectivity index (χ2v) is 9.75. The highest BCUT2D eigenvalue weighted by molar-refractivity contribution is 7.12. The summed E-state index contributed by atoms with van der Waals surface area (Å²) in [5, 5.41) is 1.98. The van der Waals surface area contributed by atoms with Gasteiger partial charge < -0.3 is 9.47 Å². The largest absolute Gasteiger partial charge is 0.336 e. The highest BCUT2D eigenvalue weighted by Gasteiger charge is 2.45. The van der Waals surface area contributed by atoms with Crippen molar-refractivity contribution in [3.63, 3.8) is 0 Å². The van der Waals surface area contributed by atoms with Crippen molar-refractivity contribution in [1.29, 1.82) is 0 Å². The summed E-state index contributed by atoms with van der Waals surface area (Å²) in [7, 11) is 0. The van der Waals surface area contributed by atoms with Gasteiger partial charge in [-0.15, -0.1) is 11.3 Å². The Bertz CT molecular complexity index is 1030. The van der Waals surface area contributed by atoms with Gasteiger partial charge in [0.2, 0.25) is 0 Å². The van der Waals surface area contributed by atoms with Crippen LogP contribution in [0.3, 0.4) is 0 Å². The molecule has 1 atom stereocenters. The van der Waals surface area contributed by atoms with Crippen molar-refractivity contribution >= 4 is 17.2 Å². The van der Waals surface area contributed by atoms with E-state index in [1.807, 2.05) is 29.9 Å². The average Bonchev–Trinajstić information content (AvgIpc) is 3.44. The number of piperidine rings is 1. The number of fused-ring (bicyclic) bond motifs is 2. The number of thiophene rings is 1. The molecule has 5 rings (SSSR count). The van der Waals surface area contributed by atoms with Crippen LogP contribution in [0.15, 0.2) is 54.2 Å². The molecule has 6 heteroatoms. The highest BCUT2D eigenvalue weighted by atomic mass is 32.1. The maximum atomic E-state index is 13.1. The Morgan fingerprint density at radius 1 is 1.13 bits per heavy atom. The van der Waals surface area contributed by atoms with Crippen LogP contribution in [0, 0.1) is 0 Å². The molecule has 0 bridgehead atoms. The lowest BCUT2D eigenvalue weighted by molar-refractivity contribution is 0.0181. The molecule has 1 aromatic carbocycles. The molecule has 2 aliphatic heterocycles. The van der Waals surface area contributed by atoms with E-state index >= 15 is 0 Å². The van der Waals surface area contributed by atoms with E-state index in [9.17, 15) is 4.79 Å². The molecule has 0 saturated carbocycles. The summed E-state index contributed by atoms with van der Waals surface area (Å²) in [5.74, 6) is 0.163. The molecule has 1 spiro atoms. The molecule has 30 heavy (non-hydrogen) atoms. The molecule has 0 aliphatic carbocycles. The second-order valence-electron chi connectivity index (χ2n) is 8.81. The zero-order valence-electron chi connectivity index (χ0n) is 17.6. The topological polar surface area (TPSA) is 41.4 Å². The zero-order valence-corrected chi connectivity index (χ0v) is 18.4. The fraction of sp³-hybridized carbons (Fsp3) is 0.417. The number of imidazole rings is 1. The zero-order chi connectivity index (χ0) is 20.7. The summed E-state index contributed by atoms with van der Waals surface area (Å²) in [6, 6.07) is 14.8. The van der Waals surface area contributed by atoms with Crippen molar-refractivity contribution in [2.45, 2.75) is 44.8 Å². The Hall–Kier alpha value is -2.44. The minimum Gasteiger partial charge on any atom is -0.336 e. The van der Waals surface area contributed by atoms with Gasteiger partial charge in [-0.25, -0.2) is 4.98 Å². The first kappa shape index (κ1) is 19.5. The van der Waals surface area contributed by atoms with Crippen molar-refractivity contribution in [2.24, 2.45) is 0 Å². The number of benzene rings is 1. The molecule has 156 valence electrons. The van der Waals surface area contributed by atoms with Crippen LogP contribution in [0.4, 0.5) is 0 Å². The molecule has 1 amide bonds. The number of carbonyl (C=O) groups excluding carboxylic acids is 1. The predicted octanol–water partition coefficient (Wildman–Crippen LogP) is 4.47. The lowest BCUT2D eigenvalue weighted by Crippen LogP contribution is -2.60. The van der Waals surface area contributed by atoms with E-state index in [2.05, 4.69) is 52.5 Å². The van der Waals surface area contributed by atoms with E-state index in [1.165, 1.54) is 17.0 Å². The number of amides is 1. The number of hydrogen-bond donors (Lipinski definition) is 0. The van der Waals surface area contributed by atoms with Crippen molar-refractivity contribution < 1.29 is 4.79 Å². The number of hydrogen-bond acceptors (Lipinski definition) is 4. The lowest BCUT2D eigenvalue weighted by Gasteiger charge is -2.50. The summed E-state index contributed by atoms with van der Waals surface area (Å²) >= 11 is 1.53. The SMILES string of the molecule is CC(C)N1Cc2c(-c3ccccc3)ncn2[C@]2(CCCN(C(=O)c3cccs3)C2)C1. The van der Waals surface area contributed by atoms with Crippen molar-refractivity contribution in [2.75, 3.05) is 19.6 Å². The van der Waals surface area contributed by atoms with Gasteiger partial charge in [0.25, 0.3) is 5.91 Å². The van der Waals surface area contributed by atoms with E-state index in [0.717, 1.165) is 55.2 Å². The second kappa shape index (κ2) is 7.67. The van der Waals surface area contributed by atoms with Gasteiger partial charge in [0.15, 0.2) is 0 Å². The molecule has 4 heterocycles. The number of carbonyl (C=O) groups is 1. The average molecular weight is 421 g/mol. The quantitative estimate of drug-likeness (QED) is 0.628. The Morgan fingerprint density at radius 2 is 1.97 bits per heavy atom. The molecule has 0 N–H and O–H groups in total. The molecule has 2 aromatic heterocycles. The van der Waals surface area contributed by atoms with Gasteiger partial charge in [0, 0.05) is 37.8 Å². The fourth-order valence-electron chi connectivity index (χ4n) is 5.01. The third kappa shape index (κ3) is 3.28. The van der Waals surface area contributed by atoms with E-state index in [-0.39, 0.29) is 11.4 Å². The number of rotatable bonds is 3. The normalized spacial score (nSPS) is 21.9. The van der Waals surface area contributed by atoms with Gasteiger partial charge in [-0.3, -0.25) is 9.69 Å². The first-order valence-corrected chi connectivity index (χ1v) is 11.6. The third-order valence-electron chi connectivity index (χ3n) is 6.58. The summed E-state index contributed by atoms with van der Waals surface area (Å²) in [6.07, 6.45) is 4.11. The van der Waals surface area contributed by atoms with Crippen LogP contribution in [0.25, 0.3) is 11.3 Å². The maximum absolute atomic E-state index is 13.1. The molecule has 1 fully saturated rings. The van der Waals surface area contributed by atoms with Crippen molar-refractivity contribution in [3.8, 4) is 11.3 Å². The first-order valence-electron chi connectivity index (χ1n) is 10.8. The number of nitrogens with zero attached hydrogens (tertiary/aromatic N) is 4. The van der Waals surface area contributed by atoms with E-state index < -0.39 is 0 Å². The summed E-state index contributed by atoms with van der Waals surface area (Å²) in [6.45, 7) is 7.94. The standard InChI is InChI=1S/C24H28N4OS/c1-18(2)27-14-20-22(19-8-4-3-5-9-19)25-17-28(20)24(16-27)11-7-12-26(15-24)23(29)21-10-6-13-30-21/h3-6,8-10,13,17-18H,7,11-12,14-16H2,1-2H3/t24-/m0/s1. The minimum atomic E-state index is -0.122. The maximum Gasteiger partial charge on any atom is 0.263 e. The first-order chi connectivity index (χ1) is 14.6. The van der Waals surface area contributed by atoms with E-state index in [0.29, 0.717) is 6.04 Å². The summed E-state index contributed by atoms with van der Waals surface area (Å²) < 4.78 is 2.40. The number of aromatic nitrogens is 2. The van der Waals surface area contributed by atoms with Crippen LogP contribution in [0.2, 0.25) is 0 Å². The van der Waals surface area contributed by atoms with Crippen LogP contribution in [0.1, 0.15) is 42.1 Å². The molecule has 3 aromatic rings. The lowest BCUT2D eigenvalue weighted by atomic mass is 9.85. The fourth-order valence-corrected chi connectivity index (χ4v) is 5.70. The molecular formula is C24H28N4OS. The third-order valence-corrected chi connectivity index (χ3v) is 7.44. The minimum absolute atomic E-state index is 0.122. The molecular weight excluding hydrogens is 392 g/mol. The van der Waals surface area contributed by atoms with Gasteiger partial charge in [0.1, 0.15) is 0 Å². The monoisotopic (exact) mass is 420 g/mol. The number of likely N-dealkylation sites (tertiary alicyclic amines) is 1. The smallest absolute Gasteiger partial charge is 0.263 e. The predicted molar refractivity (Wildman–Crippen MR) is 121 cm³/mol. The van der Waals surface area contributed by atoms with Gasteiger partial charge in [-0.2, -0.15) is 0 Å².